The number of benzene rings is 2. The summed E-state index contributed by atoms with van der Waals surface area (Å²) in [6.07, 6.45) is 4.95. The van der Waals surface area contributed by atoms with Crippen LogP contribution in [-0.2, 0) is 4.79 Å². The lowest BCUT2D eigenvalue weighted by Crippen LogP contribution is -2.24. The molecule has 6 heteroatoms. The van der Waals surface area contributed by atoms with Gasteiger partial charge in [-0.2, -0.15) is 10.4 Å². The number of para-hydroxylation sites is 1. The number of amides is 1. The fourth-order valence-corrected chi connectivity index (χ4v) is 3.14. The maximum atomic E-state index is 12.4. The highest BCUT2D eigenvalue weighted by Gasteiger charge is 2.16. The van der Waals surface area contributed by atoms with E-state index in [2.05, 4.69) is 11.9 Å². The number of nitrogens with zero attached hydrogens (tertiary/aromatic N) is 3. The Morgan fingerprint density at radius 1 is 1.29 bits per heavy atom. The van der Waals surface area contributed by atoms with Crippen molar-refractivity contribution in [1.82, 2.24) is 15.1 Å². The van der Waals surface area contributed by atoms with E-state index in [-0.39, 0.29) is 12.1 Å². The highest BCUT2D eigenvalue weighted by molar-refractivity contribution is 6.02. The molecule has 0 aliphatic heterocycles. The second-order valence-electron chi connectivity index (χ2n) is 6.79. The van der Waals surface area contributed by atoms with Crippen LogP contribution in [0.25, 0.3) is 23.0 Å². The molecule has 3 rings (SSSR count). The SMILES string of the molecule is C=CCNC(=O)/C(C#N)=C/c1cn(-c2ccccc2)nc1-c1ccc(OCC)cc1C. The van der Waals surface area contributed by atoms with Crippen LogP contribution >= 0.6 is 0 Å². The van der Waals surface area contributed by atoms with Crippen molar-refractivity contribution in [3.63, 3.8) is 0 Å². The summed E-state index contributed by atoms with van der Waals surface area (Å²) in [4.78, 5) is 12.4. The first-order valence-electron chi connectivity index (χ1n) is 9.97. The summed E-state index contributed by atoms with van der Waals surface area (Å²) >= 11 is 0. The third kappa shape index (κ3) is 5.09. The van der Waals surface area contributed by atoms with E-state index in [0.717, 1.165) is 22.6 Å². The number of nitriles is 1. The van der Waals surface area contributed by atoms with Gasteiger partial charge in [0.1, 0.15) is 23.1 Å². The van der Waals surface area contributed by atoms with Crippen LogP contribution in [0.1, 0.15) is 18.1 Å². The minimum Gasteiger partial charge on any atom is -0.494 e. The van der Waals surface area contributed by atoms with Gasteiger partial charge in [-0.3, -0.25) is 4.79 Å². The molecule has 0 unspecified atom stereocenters. The summed E-state index contributed by atoms with van der Waals surface area (Å²) in [5.41, 5.74) is 4.10. The van der Waals surface area contributed by atoms with Crippen LogP contribution in [-0.4, -0.2) is 28.8 Å². The van der Waals surface area contributed by atoms with Gasteiger partial charge >= 0.3 is 0 Å². The van der Waals surface area contributed by atoms with E-state index in [1.807, 2.05) is 74.6 Å². The fourth-order valence-electron chi connectivity index (χ4n) is 3.14. The summed E-state index contributed by atoms with van der Waals surface area (Å²) in [7, 11) is 0. The number of nitrogens with one attached hydrogen (secondary N) is 1. The molecule has 1 N–H and O–H groups in total. The highest BCUT2D eigenvalue weighted by Crippen LogP contribution is 2.30. The Kier molecular flexibility index (Phi) is 7.02. The summed E-state index contributed by atoms with van der Waals surface area (Å²) < 4.78 is 7.34. The zero-order valence-corrected chi connectivity index (χ0v) is 17.6. The molecule has 1 amide bonds. The summed E-state index contributed by atoms with van der Waals surface area (Å²) in [5, 5.41) is 17.0. The van der Waals surface area contributed by atoms with Crippen molar-refractivity contribution < 1.29 is 9.53 Å². The van der Waals surface area contributed by atoms with Crippen molar-refractivity contribution in [1.29, 1.82) is 5.26 Å². The number of aromatic nitrogens is 2. The van der Waals surface area contributed by atoms with Gasteiger partial charge in [0.2, 0.25) is 0 Å². The normalized spacial score (nSPS) is 10.9. The molecule has 0 radical (unpaired) electrons. The minimum atomic E-state index is -0.454. The molecule has 0 fully saturated rings. The Bertz CT molecular complexity index is 1150. The van der Waals surface area contributed by atoms with Gasteiger partial charge < -0.3 is 10.1 Å². The lowest BCUT2D eigenvalue weighted by atomic mass is 10.0. The van der Waals surface area contributed by atoms with Gasteiger partial charge in [-0.1, -0.05) is 24.3 Å². The molecule has 0 aliphatic carbocycles. The van der Waals surface area contributed by atoms with Crippen molar-refractivity contribution >= 4 is 12.0 Å². The second-order valence-corrected chi connectivity index (χ2v) is 6.79. The number of hydrogen-bond acceptors (Lipinski definition) is 4. The van der Waals surface area contributed by atoms with Gasteiger partial charge in [0.05, 0.1) is 12.3 Å². The second kappa shape index (κ2) is 10.1. The fraction of sp³-hybridized carbons (Fsp3) is 0.160. The molecule has 1 aromatic heterocycles. The molecule has 0 bridgehead atoms. The van der Waals surface area contributed by atoms with Crippen LogP contribution in [0.2, 0.25) is 0 Å². The highest BCUT2D eigenvalue weighted by atomic mass is 16.5. The van der Waals surface area contributed by atoms with Crippen molar-refractivity contribution in [2.45, 2.75) is 13.8 Å². The number of rotatable bonds is 8. The Labute approximate surface area is 182 Å². The first-order valence-corrected chi connectivity index (χ1v) is 9.97. The summed E-state index contributed by atoms with van der Waals surface area (Å²) in [6, 6.07) is 17.4. The smallest absolute Gasteiger partial charge is 0.262 e. The van der Waals surface area contributed by atoms with Gasteiger partial charge in [-0.05, 0) is 55.8 Å². The van der Waals surface area contributed by atoms with Crippen molar-refractivity contribution in [2.75, 3.05) is 13.2 Å². The molecule has 0 saturated heterocycles. The van der Waals surface area contributed by atoms with E-state index in [1.54, 1.807) is 16.8 Å². The zero-order valence-electron chi connectivity index (χ0n) is 17.6. The average Bonchev–Trinajstić information content (AvgIpc) is 3.20. The molecule has 0 atom stereocenters. The van der Waals surface area contributed by atoms with Gasteiger partial charge in [0.25, 0.3) is 5.91 Å². The predicted octanol–water partition coefficient (Wildman–Crippen LogP) is 4.46. The summed E-state index contributed by atoms with van der Waals surface area (Å²) in [5.74, 6) is 0.328. The Morgan fingerprint density at radius 3 is 2.71 bits per heavy atom. The van der Waals surface area contributed by atoms with E-state index < -0.39 is 5.91 Å². The topological polar surface area (TPSA) is 79.9 Å². The molecule has 1 heterocycles. The lowest BCUT2D eigenvalue weighted by Gasteiger charge is -2.08. The van der Waals surface area contributed by atoms with Gasteiger partial charge in [0, 0.05) is 23.9 Å². The zero-order chi connectivity index (χ0) is 22.2. The quantitative estimate of drug-likeness (QED) is 0.337. The molecule has 156 valence electrons. The van der Waals surface area contributed by atoms with Gasteiger partial charge in [-0.25, -0.2) is 4.68 Å². The standard InChI is InChI=1S/C25H24N4O2/c1-4-13-27-25(30)19(16-26)15-20-17-29(21-9-7-6-8-10-21)28-24(20)23-12-11-22(31-5-2)14-18(23)3/h4,6-12,14-15,17H,1,5,13H2,2-3H3,(H,27,30)/b19-15+. The largest absolute Gasteiger partial charge is 0.494 e. The van der Waals surface area contributed by atoms with Crippen LogP contribution < -0.4 is 10.1 Å². The first kappa shape index (κ1) is 21.6. The molecule has 0 aliphatic rings. The summed E-state index contributed by atoms with van der Waals surface area (Å²) in [6.45, 7) is 8.37. The van der Waals surface area contributed by atoms with Crippen molar-refractivity contribution in [2.24, 2.45) is 0 Å². The maximum Gasteiger partial charge on any atom is 0.262 e. The van der Waals surface area contributed by atoms with E-state index >= 15 is 0 Å². The Hall–Kier alpha value is -4.11. The van der Waals surface area contributed by atoms with Crippen LogP contribution in [0, 0.1) is 18.3 Å². The van der Waals surface area contributed by atoms with Crippen LogP contribution in [0.15, 0.2) is 73.0 Å². The molecule has 0 spiro atoms. The molecule has 3 aromatic rings. The maximum absolute atomic E-state index is 12.4. The predicted molar refractivity (Wildman–Crippen MR) is 122 cm³/mol. The minimum absolute atomic E-state index is 0.000647. The van der Waals surface area contributed by atoms with Gasteiger partial charge in [0.15, 0.2) is 0 Å². The third-order valence-electron chi connectivity index (χ3n) is 4.60. The molecule has 6 nitrogen and oxygen atoms in total. The number of hydrogen-bond donors (Lipinski definition) is 1. The van der Waals surface area contributed by atoms with Crippen LogP contribution in [0.3, 0.4) is 0 Å². The lowest BCUT2D eigenvalue weighted by molar-refractivity contribution is -0.116. The number of carbonyl (C=O) groups is 1. The number of ether oxygens (including phenoxy) is 1. The van der Waals surface area contributed by atoms with E-state index in [9.17, 15) is 10.1 Å². The number of carbonyl (C=O) groups excluding carboxylic acids is 1. The molecular weight excluding hydrogens is 388 g/mol. The Morgan fingerprint density at radius 2 is 2.06 bits per heavy atom. The molecule has 31 heavy (non-hydrogen) atoms. The van der Waals surface area contributed by atoms with Crippen LogP contribution in [0.4, 0.5) is 0 Å². The molecular formula is C25H24N4O2. The van der Waals surface area contributed by atoms with Crippen molar-refractivity contribution in [3.8, 4) is 28.8 Å². The Balaban J connectivity index is 2.12. The molecule has 0 saturated carbocycles. The third-order valence-corrected chi connectivity index (χ3v) is 4.60. The van der Waals surface area contributed by atoms with Gasteiger partial charge in [-0.15, -0.1) is 6.58 Å². The monoisotopic (exact) mass is 412 g/mol. The van der Waals surface area contributed by atoms with E-state index in [0.29, 0.717) is 17.9 Å². The van der Waals surface area contributed by atoms with Crippen LogP contribution in [0.5, 0.6) is 5.75 Å². The van der Waals surface area contributed by atoms with Crippen molar-refractivity contribution in [3.05, 3.63) is 84.1 Å². The first-order chi connectivity index (χ1) is 15.1. The van der Waals surface area contributed by atoms with E-state index in [4.69, 9.17) is 9.84 Å². The number of aryl methyl sites for hydroxylation is 1. The average molecular weight is 412 g/mol. The molecule has 2 aromatic carbocycles. The van der Waals surface area contributed by atoms with E-state index in [1.165, 1.54) is 0 Å².